The molecule has 150 valence electrons. The molecule has 1 aliphatic carbocycles. The molecular formula is C26H24FN3. The topological polar surface area (TPSA) is 48.7 Å². The van der Waals surface area contributed by atoms with Crippen LogP contribution in [0.1, 0.15) is 53.0 Å². The molecule has 3 aromatic rings. The van der Waals surface area contributed by atoms with Gasteiger partial charge in [0.15, 0.2) is 0 Å². The summed E-state index contributed by atoms with van der Waals surface area (Å²) in [6.07, 6.45) is 7.66. The van der Waals surface area contributed by atoms with Crippen molar-refractivity contribution in [2.75, 3.05) is 11.9 Å². The van der Waals surface area contributed by atoms with Gasteiger partial charge in [-0.15, -0.1) is 0 Å². The van der Waals surface area contributed by atoms with Crippen LogP contribution < -0.4 is 5.32 Å². The molecule has 0 saturated heterocycles. The number of fused-ring (bicyclic) bond motifs is 1. The second-order valence-corrected chi connectivity index (χ2v) is 8.34. The van der Waals surface area contributed by atoms with Crippen molar-refractivity contribution < 1.29 is 4.39 Å². The zero-order chi connectivity index (χ0) is 20.5. The lowest BCUT2D eigenvalue weighted by molar-refractivity contribution is 0.414. The summed E-state index contributed by atoms with van der Waals surface area (Å²) < 4.78 is 15.8. The third-order valence-electron chi connectivity index (χ3n) is 6.54. The van der Waals surface area contributed by atoms with Crippen LogP contribution in [-0.4, -0.2) is 11.5 Å². The van der Waals surface area contributed by atoms with Gasteiger partial charge < -0.3 is 5.32 Å². The number of hydrogen-bond acceptors (Lipinski definition) is 3. The molecule has 1 fully saturated rings. The summed E-state index contributed by atoms with van der Waals surface area (Å²) in [5.41, 5.74) is 6.47. The maximum Gasteiger partial charge on any atom is 0.134 e. The van der Waals surface area contributed by atoms with Gasteiger partial charge in [-0.05, 0) is 78.5 Å². The van der Waals surface area contributed by atoms with Crippen molar-refractivity contribution in [3.05, 3.63) is 82.3 Å². The molecule has 2 aliphatic rings. The number of halogens is 1. The monoisotopic (exact) mass is 397 g/mol. The van der Waals surface area contributed by atoms with E-state index in [4.69, 9.17) is 5.26 Å². The zero-order valence-corrected chi connectivity index (χ0v) is 16.9. The maximum atomic E-state index is 15.8. The first kappa shape index (κ1) is 18.8. The molecule has 0 atom stereocenters. The number of hydrogen-bond donors (Lipinski definition) is 1. The van der Waals surface area contributed by atoms with Crippen molar-refractivity contribution in [3.63, 3.8) is 0 Å². The van der Waals surface area contributed by atoms with E-state index in [1.165, 1.54) is 12.0 Å². The predicted molar refractivity (Wildman–Crippen MR) is 117 cm³/mol. The highest BCUT2D eigenvalue weighted by molar-refractivity contribution is 5.69. The minimum absolute atomic E-state index is 0.0965. The number of aromatic nitrogens is 1. The van der Waals surface area contributed by atoms with E-state index >= 15 is 4.39 Å². The molecule has 30 heavy (non-hydrogen) atoms. The second-order valence-electron chi connectivity index (χ2n) is 8.34. The first-order valence-corrected chi connectivity index (χ1v) is 10.8. The van der Waals surface area contributed by atoms with Gasteiger partial charge in [-0.3, -0.25) is 0 Å². The lowest BCUT2D eigenvalue weighted by atomic mass is 9.76. The number of pyridine rings is 1. The molecule has 0 amide bonds. The van der Waals surface area contributed by atoms with Gasteiger partial charge in [-0.2, -0.15) is 5.26 Å². The molecule has 1 aliphatic heterocycles. The van der Waals surface area contributed by atoms with Crippen molar-refractivity contribution in [1.29, 1.82) is 5.26 Å². The number of benzene rings is 2. The molecule has 1 saturated carbocycles. The van der Waals surface area contributed by atoms with Gasteiger partial charge in [0.2, 0.25) is 0 Å². The van der Waals surface area contributed by atoms with Crippen LogP contribution >= 0.6 is 0 Å². The molecule has 0 spiro atoms. The summed E-state index contributed by atoms with van der Waals surface area (Å²) in [5, 5.41) is 12.3. The predicted octanol–water partition coefficient (Wildman–Crippen LogP) is 5.78. The van der Waals surface area contributed by atoms with Crippen LogP contribution in [0.3, 0.4) is 0 Å². The molecular weight excluding hydrogens is 373 g/mol. The Hall–Kier alpha value is -3.19. The minimum atomic E-state index is -0.0965. The van der Waals surface area contributed by atoms with E-state index in [1.807, 2.05) is 30.3 Å². The van der Waals surface area contributed by atoms with Gasteiger partial charge in [0.05, 0.1) is 11.6 Å². The van der Waals surface area contributed by atoms with Crippen molar-refractivity contribution in [2.45, 2.75) is 44.4 Å². The third-order valence-corrected chi connectivity index (χ3v) is 6.54. The number of anilines is 1. The first-order chi connectivity index (χ1) is 14.7. The molecule has 2 aromatic carbocycles. The van der Waals surface area contributed by atoms with E-state index in [0.717, 1.165) is 60.3 Å². The average Bonchev–Trinajstić information content (AvgIpc) is 3.20. The maximum absolute atomic E-state index is 15.8. The first-order valence-electron chi connectivity index (χ1n) is 10.8. The normalized spacial score (nSPS) is 15.2. The SMILES string of the molecule is N#Cc1ccc(CCc2c(C3CCC3)ccc(-c3cnc4c(c3)CCN4)c2F)cc1. The highest BCUT2D eigenvalue weighted by Crippen LogP contribution is 2.41. The van der Waals surface area contributed by atoms with Gasteiger partial charge >= 0.3 is 0 Å². The van der Waals surface area contributed by atoms with Crippen LogP contribution in [0.4, 0.5) is 10.2 Å². The average molecular weight is 397 g/mol. The Labute approximate surface area is 176 Å². The van der Waals surface area contributed by atoms with Crippen LogP contribution in [0.15, 0.2) is 48.7 Å². The molecule has 2 heterocycles. The van der Waals surface area contributed by atoms with E-state index in [-0.39, 0.29) is 5.82 Å². The van der Waals surface area contributed by atoms with Gasteiger partial charge in [-0.25, -0.2) is 9.37 Å². The van der Waals surface area contributed by atoms with Crippen molar-refractivity contribution in [1.82, 2.24) is 4.98 Å². The Morgan fingerprint density at radius 2 is 1.93 bits per heavy atom. The van der Waals surface area contributed by atoms with E-state index in [1.54, 1.807) is 6.20 Å². The van der Waals surface area contributed by atoms with Crippen molar-refractivity contribution in [2.24, 2.45) is 0 Å². The highest BCUT2D eigenvalue weighted by Gasteiger charge is 2.25. The summed E-state index contributed by atoms with van der Waals surface area (Å²) >= 11 is 0. The Kier molecular flexibility index (Phi) is 4.96. The minimum Gasteiger partial charge on any atom is -0.370 e. The molecule has 3 nitrogen and oxygen atoms in total. The number of nitrogens with zero attached hydrogens (tertiary/aromatic N) is 2. The third kappa shape index (κ3) is 3.45. The van der Waals surface area contributed by atoms with Gasteiger partial charge in [0.25, 0.3) is 0 Å². The number of nitriles is 1. The highest BCUT2D eigenvalue weighted by atomic mass is 19.1. The number of rotatable bonds is 5. The molecule has 0 radical (unpaired) electrons. The molecule has 0 bridgehead atoms. The Balaban J connectivity index is 1.48. The van der Waals surface area contributed by atoms with E-state index in [9.17, 15) is 0 Å². The van der Waals surface area contributed by atoms with Crippen LogP contribution in [0, 0.1) is 17.1 Å². The number of nitrogens with one attached hydrogen (secondary N) is 1. The lowest BCUT2D eigenvalue weighted by Crippen LogP contribution is -2.13. The van der Waals surface area contributed by atoms with Crippen LogP contribution in [-0.2, 0) is 19.3 Å². The van der Waals surface area contributed by atoms with E-state index < -0.39 is 0 Å². The van der Waals surface area contributed by atoms with Gasteiger partial charge in [0.1, 0.15) is 11.6 Å². The molecule has 1 aromatic heterocycles. The van der Waals surface area contributed by atoms with E-state index in [2.05, 4.69) is 28.5 Å². The van der Waals surface area contributed by atoms with Gasteiger partial charge in [-0.1, -0.05) is 30.7 Å². The molecule has 0 unspecified atom stereocenters. The fourth-order valence-electron chi connectivity index (χ4n) is 4.55. The van der Waals surface area contributed by atoms with Crippen LogP contribution in [0.5, 0.6) is 0 Å². The van der Waals surface area contributed by atoms with Crippen molar-refractivity contribution >= 4 is 5.82 Å². The van der Waals surface area contributed by atoms with Crippen LogP contribution in [0.25, 0.3) is 11.1 Å². The smallest absolute Gasteiger partial charge is 0.134 e. The number of aryl methyl sites for hydroxylation is 1. The molecule has 1 N–H and O–H groups in total. The molecule has 5 rings (SSSR count). The Morgan fingerprint density at radius 1 is 1.10 bits per heavy atom. The van der Waals surface area contributed by atoms with E-state index in [0.29, 0.717) is 23.5 Å². The fourth-order valence-corrected chi connectivity index (χ4v) is 4.55. The summed E-state index contributed by atoms with van der Waals surface area (Å²) in [7, 11) is 0. The van der Waals surface area contributed by atoms with Crippen molar-refractivity contribution in [3.8, 4) is 17.2 Å². The van der Waals surface area contributed by atoms with Crippen LogP contribution in [0.2, 0.25) is 0 Å². The lowest BCUT2D eigenvalue weighted by Gasteiger charge is -2.29. The Bertz CT molecular complexity index is 1120. The zero-order valence-electron chi connectivity index (χ0n) is 16.9. The standard InChI is InChI=1S/C26H24FN3/c27-25-23(21-14-20-12-13-29-26(20)30-16-21)11-10-22(19-2-1-3-19)24(25)9-8-17-4-6-18(15-28)7-5-17/h4-7,10-11,14,16,19H,1-3,8-9,12-13H2,(H,29,30). The largest absolute Gasteiger partial charge is 0.370 e. The summed E-state index contributed by atoms with van der Waals surface area (Å²) in [4.78, 5) is 4.50. The molecule has 4 heteroatoms. The Morgan fingerprint density at radius 3 is 2.67 bits per heavy atom. The van der Waals surface area contributed by atoms with Gasteiger partial charge in [0, 0.05) is 23.9 Å². The quantitative estimate of drug-likeness (QED) is 0.594. The summed E-state index contributed by atoms with van der Waals surface area (Å²) in [6, 6.07) is 15.9. The fraction of sp³-hybridized carbons (Fsp3) is 0.308. The second kappa shape index (κ2) is 7.91. The summed E-state index contributed by atoms with van der Waals surface area (Å²) in [5.74, 6) is 1.30. The summed E-state index contributed by atoms with van der Waals surface area (Å²) in [6.45, 7) is 0.894.